The minimum absolute atomic E-state index is 0.0375. The van der Waals surface area contributed by atoms with Gasteiger partial charge in [-0.25, -0.2) is 0 Å². The van der Waals surface area contributed by atoms with Gasteiger partial charge < -0.3 is 10.1 Å². The van der Waals surface area contributed by atoms with E-state index >= 15 is 0 Å². The summed E-state index contributed by atoms with van der Waals surface area (Å²) in [6.07, 6.45) is 1.29. The first-order valence-corrected chi connectivity index (χ1v) is 9.44. The van der Waals surface area contributed by atoms with Crippen LogP contribution < -0.4 is 5.32 Å². The van der Waals surface area contributed by atoms with Crippen LogP contribution in [0.25, 0.3) is 0 Å². The molecular formula is C22H26N2O3. The number of benzene rings is 2. The molecule has 2 aromatic rings. The molecule has 27 heavy (non-hydrogen) atoms. The number of hydrogen-bond donors (Lipinski definition) is 1. The zero-order chi connectivity index (χ0) is 19.1. The number of piperidine rings is 1. The number of nitrogens with one attached hydrogen (secondary N) is 1. The van der Waals surface area contributed by atoms with Gasteiger partial charge in [-0.05, 0) is 37.5 Å². The van der Waals surface area contributed by atoms with Crippen molar-refractivity contribution in [2.75, 3.05) is 31.6 Å². The third-order valence-corrected chi connectivity index (χ3v) is 5.13. The zero-order valence-electron chi connectivity index (χ0n) is 15.7. The number of para-hydroxylation sites is 1. The maximum Gasteiger partial charge on any atom is 0.316 e. The van der Waals surface area contributed by atoms with Crippen molar-refractivity contribution in [2.45, 2.75) is 25.2 Å². The second-order valence-corrected chi connectivity index (χ2v) is 6.86. The van der Waals surface area contributed by atoms with Gasteiger partial charge in [0.15, 0.2) is 0 Å². The Morgan fingerprint density at radius 3 is 2.19 bits per heavy atom. The van der Waals surface area contributed by atoms with E-state index in [9.17, 15) is 9.59 Å². The van der Waals surface area contributed by atoms with E-state index in [1.807, 2.05) is 67.6 Å². The molecule has 0 saturated carbocycles. The average molecular weight is 366 g/mol. The number of ether oxygens (including phenoxy) is 1. The molecule has 1 amide bonds. The van der Waals surface area contributed by atoms with E-state index in [-0.39, 0.29) is 11.9 Å². The van der Waals surface area contributed by atoms with Crippen LogP contribution in [0.5, 0.6) is 0 Å². The van der Waals surface area contributed by atoms with E-state index in [0.717, 1.165) is 11.3 Å². The van der Waals surface area contributed by atoms with Crippen LogP contribution in [0.3, 0.4) is 0 Å². The summed E-state index contributed by atoms with van der Waals surface area (Å²) in [4.78, 5) is 27.2. The van der Waals surface area contributed by atoms with Gasteiger partial charge in [-0.2, -0.15) is 0 Å². The predicted molar refractivity (Wildman–Crippen MR) is 105 cm³/mol. The van der Waals surface area contributed by atoms with Crippen molar-refractivity contribution in [1.29, 1.82) is 0 Å². The van der Waals surface area contributed by atoms with Gasteiger partial charge in [-0.1, -0.05) is 48.5 Å². The highest BCUT2D eigenvalue weighted by atomic mass is 16.5. The van der Waals surface area contributed by atoms with Gasteiger partial charge in [0.1, 0.15) is 0 Å². The number of esters is 1. The van der Waals surface area contributed by atoms with Crippen molar-refractivity contribution in [2.24, 2.45) is 0 Å². The molecule has 1 aliphatic heterocycles. The monoisotopic (exact) mass is 366 g/mol. The van der Waals surface area contributed by atoms with Gasteiger partial charge in [0, 0.05) is 18.8 Å². The fourth-order valence-corrected chi connectivity index (χ4v) is 3.66. The maximum atomic E-state index is 12.8. The topological polar surface area (TPSA) is 58.6 Å². The van der Waals surface area contributed by atoms with Crippen LogP contribution in [0.2, 0.25) is 0 Å². The number of hydrogen-bond acceptors (Lipinski definition) is 4. The molecule has 0 aliphatic carbocycles. The van der Waals surface area contributed by atoms with E-state index in [4.69, 9.17) is 4.74 Å². The lowest BCUT2D eigenvalue weighted by Crippen LogP contribution is -2.49. The number of carbonyl (C=O) groups is 2. The molecule has 2 aromatic carbocycles. The van der Waals surface area contributed by atoms with Crippen molar-refractivity contribution in [1.82, 2.24) is 4.90 Å². The molecule has 0 unspecified atom stereocenters. The fraction of sp³-hybridized carbons (Fsp3) is 0.364. The molecule has 1 heterocycles. The molecular weight excluding hydrogens is 340 g/mol. The molecule has 0 aromatic heterocycles. The predicted octanol–water partition coefficient (Wildman–Crippen LogP) is 3.22. The Kier molecular flexibility index (Phi) is 6.24. The number of amides is 1. The molecule has 1 N–H and O–H groups in total. The summed E-state index contributed by atoms with van der Waals surface area (Å²) < 4.78 is 5.40. The number of carbonyl (C=O) groups excluding carboxylic acids is 2. The summed E-state index contributed by atoms with van der Waals surface area (Å²) in [6.45, 7) is 3.88. The third-order valence-electron chi connectivity index (χ3n) is 5.13. The Morgan fingerprint density at radius 2 is 1.59 bits per heavy atom. The SMILES string of the molecule is CCOC(=O)C1(c2ccccc2)CCN(CC(=O)Nc2ccccc2)CC1. The highest BCUT2D eigenvalue weighted by Gasteiger charge is 2.44. The van der Waals surface area contributed by atoms with Crippen molar-refractivity contribution >= 4 is 17.6 Å². The molecule has 0 bridgehead atoms. The van der Waals surface area contributed by atoms with Crippen molar-refractivity contribution < 1.29 is 14.3 Å². The smallest absolute Gasteiger partial charge is 0.316 e. The average Bonchev–Trinajstić information content (AvgIpc) is 2.70. The lowest BCUT2D eigenvalue weighted by Gasteiger charge is -2.40. The van der Waals surface area contributed by atoms with E-state index in [1.165, 1.54) is 0 Å². The van der Waals surface area contributed by atoms with E-state index in [2.05, 4.69) is 10.2 Å². The highest BCUT2D eigenvalue weighted by Crippen LogP contribution is 2.36. The molecule has 1 fully saturated rings. The standard InChI is InChI=1S/C22H26N2O3/c1-2-27-21(26)22(18-9-5-3-6-10-18)13-15-24(16-14-22)17-20(25)23-19-11-7-4-8-12-19/h3-12H,2,13-17H2,1H3,(H,23,25). The van der Waals surface area contributed by atoms with Crippen LogP contribution in [-0.4, -0.2) is 43.0 Å². The molecule has 0 atom stereocenters. The van der Waals surface area contributed by atoms with Crippen LogP contribution >= 0.6 is 0 Å². The minimum atomic E-state index is -0.621. The first-order chi connectivity index (χ1) is 13.1. The molecule has 1 aliphatic rings. The Balaban J connectivity index is 1.64. The van der Waals surface area contributed by atoms with E-state index in [1.54, 1.807) is 0 Å². The van der Waals surface area contributed by atoms with Gasteiger partial charge >= 0.3 is 5.97 Å². The van der Waals surface area contributed by atoms with Crippen LogP contribution in [0.4, 0.5) is 5.69 Å². The summed E-state index contributed by atoms with van der Waals surface area (Å²) in [7, 11) is 0. The van der Waals surface area contributed by atoms with E-state index in [0.29, 0.717) is 39.1 Å². The van der Waals surface area contributed by atoms with Crippen LogP contribution in [0, 0.1) is 0 Å². The molecule has 0 radical (unpaired) electrons. The number of rotatable bonds is 6. The summed E-state index contributed by atoms with van der Waals surface area (Å²) in [5, 5.41) is 2.91. The van der Waals surface area contributed by atoms with Crippen LogP contribution in [0.1, 0.15) is 25.3 Å². The Hall–Kier alpha value is -2.66. The number of nitrogens with zero attached hydrogens (tertiary/aromatic N) is 1. The van der Waals surface area contributed by atoms with Gasteiger partial charge in [-0.15, -0.1) is 0 Å². The summed E-state index contributed by atoms with van der Waals surface area (Å²) in [6, 6.07) is 19.3. The normalized spacial score (nSPS) is 16.5. The molecule has 5 heteroatoms. The van der Waals surface area contributed by atoms with Gasteiger partial charge in [0.25, 0.3) is 0 Å². The largest absolute Gasteiger partial charge is 0.465 e. The second kappa shape index (κ2) is 8.82. The minimum Gasteiger partial charge on any atom is -0.465 e. The lowest BCUT2D eigenvalue weighted by molar-refractivity contribution is -0.152. The molecule has 1 saturated heterocycles. The highest BCUT2D eigenvalue weighted by molar-refractivity contribution is 5.92. The first kappa shape index (κ1) is 19.1. The van der Waals surface area contributed by atoms with Crippen molar-refractivity contribution in [3.63, 3.8) is 0 Å². The number of anilines is 1. The molecule has 0 spiro atoms. The van der Waals surface area contributed by atoms with E-state index < -0.39 is 5.41 Å². The Morgan fingerprint density at radius 1 is 1.00 bits per heavy atom. The molecule has 3 rings (SSSR count). The quantitative estimate of drug-likeness (QED) is 0.798. The Labute approximate surface area is 160 Å². The summed E-state index contributed by atoms with van der Waals surface area (Å²) in [5.41, 5.74) is 1.17. The second-order valence-electron chi connectivity index (χ2n) is 6.86. The Bertz CT molecular complexity index is 754. The first-order valence-electron chi connectivity index (χ1n) is 9.44. The number of likely N-dealkylation sites (tertiary alicyclic amines) is 1. The zero-order valence-corrected chi connectivity index (χ0v) is 15.7. The van der Waals surface area contributed by atoms with Gasteiger partial charge in [0.2, 0.25) is 5.91 Å². The molecule has 142 valence electrons. The van der Waals surface area contributed by atoms with Crippen molar-refractivity contribution in [3.05, 3.63) is 66.2 Å². The molecule has 5 nitrogen and oxygen atoms in total. The summed E-state index contributed by atoms with van der Waals surface area (Å²) >= 11 is 0. The lowest BCUT2D eigenvalue weighted by atomic mass is 9.72. The third kappa shape index (κ3) is 4.55. The van der Waals surface area contributed by atoms with Crippen LogP contribution in [0.15, 0.2) is 60.7 Å². The van der Waals surface area contributed by atoms with Crippen LogP contribution in [-0.2, 0) is 19.7 Å². The van der Waals surface area contributed by atoms with Gasteiger partial charge in [0.05, 0.1) is 18.6 Å². The fourth-order valence-electron chi connectivity index (χ4n) is 3.66. The van der Waals surface area contributed by atoms with Crippen molar-refractivity contribution in [3.8, 4) is 0 Å². The maximum absolute atomic E-state index is 12.8. The van der Waals surface area contributed by atoms with Gasteiger partial charge in [-0.3, -0.25) is 14.5 Å². The summed E-state index contributed by atoms with van der Waals surface area (Å²) in [5.74, 6) is -0.200.